The molecule has 1 aliphatic carbocycles. The number of benzene rings is 1. The van der Waals surface area contributed by atoms with Gasteiger partial charge in [-0.2, -0.15) is 13.2 Å². The molecular weight excluding hydrogens is 467 g/mol. The Balaban J connectivity index is 0.00000103. The number of nitrogens with two attached hydrogens (primary N) is 1. The van der Waals surface area contributed by atoms with Gasteiger partial charge in [0.1, 0.15) is 11.0 Å². The van der Waals surface area contributed by atoms with Crippen LogP contribution in [0.1, 0.15) is 69.1 Å². The number of halogens is 3. The summed E-state index contributed by atoms with van der Waals surface area (Å²) in [6.45, 7) is 6.26. The molecule has 2 aliphatic heterocycles. The largest absolute Gasteiger partial charge is 0.416 e. The molecular formula is C24H36F3N3O3S. The van der Waals surface area contributed by atoms with E-state index < -0.39 is 22.7 Å². The summed E-state index contributed by atoms with van der Waals surface area (Å²) in [5.74, 6) is -0.123. The van der Waals surface area contributed by atoms with E-state index in [2.05, 4.69) is 19.2 Å². The zero-order chi connectivity index (χ0) is 24.9. The van der Waals surface area contributed by atoms with Crippen LogP contribution < -0.4 is 10.5 Å². The van der Waals surface area contributed by atoms with Crippen LogP contribution in [0, 0.1) is 5.92 Å². The van der Waals surface area contributed by atoms with Crippen LogP contribution in [-0.4, -0.2) is 46.9 Å². The topological polar surface area (TPSA) is 84.7 Å². The minimum atomic E-state index is -4.57. The number of hydrogen-bond donors (Lipinski definition) is 2. The summed E-state index contributed by atoms with van der Waals surface area (Å²) in [5.41, 5.74) is 0.0809. The van der Waals surface area contributed by atoms with E-state index in [4.69, 9.17) is 9.88 Å². The van der Waals surface area contributed by atoms with Crippen molar-refractivity contribution in [2.45, 2.75) is 88.5 Å². The number of nitrogens with zero attached hydrogens (tertiary/aromatic N) is 1. The van der Waals surface area contributed by atoms with Crippen molar-refractivity contribution in [1.82, 2.24) is 10.2 Å². The summed E-state index contributed by atoms with van der Waals surface area (Å²) in [5, 5.41) is 9.09. The maximum atomic E-state index is 13.3. The molecule has 1 saturated heterocycles. The SMILES string of the molecule is CCC.NS(=O)c1cc(C(F)(F)F)cc2c1CCN(C(=O)[C@H]1CCC(NC3CCOCC3)C1)C2. The average Bonchev–Trinajstić information content (AvgIpc) is 3.26. The molecule has 2 unspecified atom stereocenters. The zero-order valence-electron chi connectivity index (χ0n) is 20.0. The second-order valence-electron chi connectivity index (χ2n) is 9.38. The Bertz CT molecular complexity index is 875. The number of fused-ring (bicyclic) bond motifs is 1. The van der Waals surface area contributed by atoms with Gasteiger partial charge in [0.2, 0.25) is 5.91 Å². The summed E-state index contributed by atoms with van der Waals surface area (Å²) in [6, 6.07) is 2.65. The molecule has 3 N–H and O–H groups in total. The van der Waals surface area contributed by atoms with Crippen molar-refractivity contribution in [3.8, 4) is 0 Å². The van der Waals surface area contributed by atoms with Crippen LogP contribution in [-0.2, 0) is 39.7 Å². The summed E-state index contributed by atoms with van der Waals surface area (Å²) in [7, 11) is -2.02. The molecule has 1 aromatic rings. The van der Waals surface area contributed by atoms with Crippen molar-refractivity contribution in [3.63, 3.8) is 0 Å². The first-order chi connectivity index (χ1) is 16.1. The predicted molar refractivity (Wildman–Crippen MR) is 125 cm³/mol. The highest BCUT2D eigenvalue weighted by Crippen LogP contribution is 2.36. The molecule has 0 aromatic heterocycles. The molecule has 0 bridgehead atoms. The second kappa shape index (κ2) is 12.0. The van der Waals surface area contributed by atoms with Crippen LogP contribution >= 0.6 is 0 Å². The summed E-state index contributed by atoms with van der Waals surface area (Å²) < 4.78 is 57.1. The van der Waals surface area contributed by atoms with Crippen LogP contribution in [0.4, 0.5) is 13.2 Å². The number of rotatable bonds is 4. The molecule has 6 nitrogen and oxygen atoms in total. The van der Waals surface area contributed by atoms with Crippen LogP contribution in [0.3, 0.4) is 0 Å². The Morgan fingerprint density at radius 3 is 2.47 bits per heavy atom. The van der Waals surface area contributed by atoms with E-state index in [0.29, 0.717) is 30.1 Å². The van der Waals surface area contributed by atoms with E-state index in [9.17, 15) is 22.2 Å². The molecule has 34 heavy (non-hydrogen) atoms. The molecule has 1 saturated carbocycles. The third kappa shape index (κ3) is 6.80. The maximum Gasteiger partial charge on any atom is 0.416 e. The lowest BCUT2D eigenvalue weighted by atomic mass is 9.95. The van der Waals surface area contributed by atoms with Crippen molar-refractivity contribution in [2.24, 2.45) is 11.1 Å². The van der Waals surface area contributed by atoms with E-state index in [1.54, 1.807) is 4.90 Å². The Kier molecular flexibility index (Phi) is 9.54. The van der Waals surface area contributed by atoms with Gasteiger partial charge in [0.25, 0.3) is 0 Å². The number of carbonyl (C=O) groups is 1. The standard InChI is InChI=1S/C21H28F3N3O3S.C3H8/c22-21(23,24)15-9-14-12-27(6-3-18(14)19(11-15)31(25)29)20(28)13-1-2-17(10-13)26-16-4-7-30-8-5-16;1-3-2/h9,11,13,16-17,26H,1-8,10,12,25H2;3H2,1-2H3/t13-,17?,31?;/m0./s1. The molecule has 1 aromatic carbocycles. The monoisotopic (exact) mass is 503 g/mol. The van der Waals surface area contributed by atoms with Gasteiger partial charge in [-0.25, -0.2) is 9.35 Å². The molecule has 4 rings (SSSR count). The molecule has 10 heteroatoms. The molecule has 0 radical (unpaired) electrons. The molecule has 3 atom stereocenters. The minimum Gasteiger partial charge on any atom is -0.381 e. The molecule has 2 fully saturated rings. The van der Waals surface area contributed by atoms with Gasteiger partial charge < -0.3 is 15.0 Å². The van der Waals surface area contributed by atoms with Gasteiger partial charge in [-0.05, 0) is 61.8 Å². The molecule has 3 aliphatic rings. The van der Waals surface area contributed by atoms with Crippen LogP contribution in [0.25, 0.3) is 0 Å². The lowest BCUT2D eigenvalue weighted by Gasteiger charge is -2.32. The highest BCUT2D eigenvalue weighted by Gasteiger charge is 2.37. The minimum absolute atomic E-state index is 0.00485. The van der Waals surface area contributed by atoms with Crippen LogP contribution in [0.15, 0.2) is 17.0 Å². The van der Waals surface area contributed by atoms with Gasteiger partial charge in [0.05, 0.1) is 10.5 Å². The lowest BCUT2D eigenvalue weighted by Crippen LogP contribution is -2.42. The van der Waals surface area contributed by atoms with Gasteiger partial charge >= 0.3 is 6.18 Å². The Hall–Kier alpha value is -1.49. The normalized spacial score (nSPS) is 24.2. The first-order valence-electron chi connectivity index (χ1n) is 12.2. The maximum absolute atomic E-state index is 13.3. The Labute approximate surface area is 202 Å². The fourth-order valence-corrected chi connectivity index (χ4v) is 5.72. The van der Waals surface area contributed by atoms with Crippen LogP contribution in [0.2, 0.25) is 0 Å². The van der Waals surface area contributed by atoms with Crippen molar-refractivity contribution >= 4 is 16.9 Å². The number of nitrogens with one attached hydrogen (secondary N) is 1. The zero-order valence-corrected chi connectivity index (χ0v) is 20.8. The number of hydrogen-bond acceptors (Lipinski definition) is 4. The number of ether oxygens (including phenoxy) is 1. The summed E-state index contributed by atoms with van der Waals surface area (Å²) in [6.07, 6.45) is 1.45. The smallest absolute Gasteiger partial charge is 0.381 e. The molecule has 2 heterocycles. The number of carbonyl (C=O) groups excluding carboxylic acids is 1. The Morgan fingerprint density at radius 2 is 1.85 bits per heavy atom. The van der Waals surface area contributed by atoms with Gasteiger partial charge in [-0.15, -0.1) is 0 Å². The fourth-order valence-electron chi connectivity index (χ4n) is 5.00. The van der Waals surface area contributed by atoms with Gasteiger partial charge in [-0.1, -0.05) is 20.3 Å². The van der Waals surface area contributed by atoms with E-state index in [1.165, 1.54) is 6.42 Å². The average molecular weight is 504 g/mol. The van der Waals surface area contributed by atoms with E-state index in [0.717, 1.165) is 57.5 Å². The highest BCUT2D eigenvalue weighted by molar-refractivity contribution is 7.82. The summed E-state index contributed by atoms with van der Waals surface area (Å²) >= 11 is 0. The van der Waals surface area contributed by atoms with Gasteiger partial charge in [-0.3, -0.25) is 4.79 Å². The molecule has 1 amide bonds. The number of alkyl halides is 3. The van der Waals surface area contributed by atoms with Crippen LogP contribution in [0.5, 0.6) is 0 Å². The quantitative estimate of drug-likeness (QED) is 0.652. The third-order valence-electron chi connectivity index (χ3n) is 6.62. The number of amides is 1. The van der Waals surface area contributed by atoms with E-state index >= 15 is 0 Å². The van der Waals surface area contributed by atoms with Gasteiger partial charge in [0, 0.05) is 44.3 Å². The third-order valence-corrected chi connectivity index (χ3v) is 7.42. The summed E-state index contributed by atoms with van der Waals surface area (Å²) in [4.78, 5) is 14.8. The van der Waals surface area contributed by atoms with E-state index in [-0.39, 0.29) is 29.3 Å². The first-order valence-corrected chi connectivity index (χ1v) is 13.4. The van der Waals surface area contributed by atoms with Crippen molar-refractivity contribution in [2.75, 3.05) is 19.8 Å². The first kappa shape index (κ1) is 27.1. The van der Waals surface area contributed by atoms with Crippen molar-refractivity contribution < 1.29 is 26.9 Å². The predicted octanol–water partition coefficient (Wildman–Crippen LogP) is 3.93. The second-order valence-corrected chi connectivity index (χ2v) is 10.4. The lowest BCUT2D eigenvalue weighted by molar-refractivity contribution is -0.137. The van der Waals surface area contributed by atoms with Gasteiger partial charge in [0.15, 0.2) is 0 Å². The molecule has 192 valence electrons. The fraction of sp³-hybridized carbons (Fsp3) is 0.708. The Morgan fingerprint density at radius 1 is 1.18 bits per heavy atom. The van der Waals surface area contributed by atoms with Crippen molar-refractivity contribution in [3.05, 3.63) is 28.8 Å². The molecule has 0 spiro atoms. The van der Waals surface area contributed by atoms with E-state index in [1.807, 2.05) is 0 Å². The van der Waals surface area contributed by atoms with Crippen molar-refractivity contribution in [1.29, 1.82) is 0 Å². The highest BCUT2D eigenvalue weighted by atomic mass is 32.2.